The minimum atomic E-state index is 0.0128. The van der Waals surface area contributed by atoms with E-state index in [1.165, 1.54) is 32.1 Å². The molecule has 0 atom stereocenters. The van der Waals surface area contributed by atoms with Gasteiger partial charge in [-0.3, -0.25) is 4.79 Å². The maximum Gasteiger partial charge on any atom is 0.240 e. The summed E-state index contributed by atoms with van der Waals surface area (Å²) in [5, 5.41) is 4.01. The average molecular weight is 337 g/mol. The highest BCUT2D eigenvalue weighted by molar-refractivity contribution is 9.10. The Morgan fingerprint density at radius 3 is 2.80 bits per heavy atom. The number of benzene rings is 1. The third kappa shape index (κ3) is 5.08. The minimum absolute atomic E-state index is 0.0128. The van der Waals surface area contributed by atoms with Crippen molar-refractivity contribution in [3.63, 3.8) is 0 Å². The molecule has 0 unspecified atom stereocenters. The average Bonchev–Trinajstić information content (AvgIpc) is 2.48. The number of rotatable bonds is 5. The summed E-state index contributed by atoms with van der Waals surface area (Å²) in [6, 6.07) is 7.79. The first kappa shape index (κ1) is 15.2. The summed E-state index contributed by atoms with van der Waals surface area (Å²) in [7, 11) is 0. The fourth-order valence-corrected chi connectivity index (χ4v) is 3.01. The number of halogens is 1. The smallest absolute Gasteiger partial charge is 0.240 e. The molecule has 0 spiro atoms. The van der Waals surface area contributed by atoms with Gasteiger partial charge >= 0.3 is 0 Å². The molecule has 4 heteroatoms. The largest absolute Gasteiger partial charge is 0.273 e. The van der Waals surface area contributed by atoms with E-state index in [0.717, 1.165) is 22.4 Å². The predicted octanol–water partition coefficient (Wildman–Crippen LogP) is 4.26. The Labute approximate surface area is 129 Å². The van der Waals surface area contributed by atoms with E-state index < -0.39 is 0 Å². The van der Waals surface area contributed by atoms with Crippen molar-refractivity contribution in [2.24, 2.45) is 11.0 Å². The zero-order valence-electron chi connectivity index (χ0n) is 11.6. The Bertz CT molecular complexity index is 467. The van der Waals surface area contributed by atoms with Gasteiger partial charge in [0, 0.05) is 16.5 Å². The Kier molecular flexibility index (Phi) is 6.25. The SMILES string of the molecule is O=C(CCC1CCCCC1)N/N=C/c1ccccc1Br. The van der Waals surface area contributed by atoms with Crippen LogP contribution < -0.4 is 5.43 Å². The van der Waals surface area contributed by atoms with Crippen LogP contribution in [0.4, 0.5) is 0 Å². The molecule has 1 aromatic carbocycles. The molecule has 0 aromatic heterocycles. The first-order valence-corrected chi connectivity index (χ1v) is 8.11. The minimum Gasteiger partial charge on any atom is -0.273 e. The third-order valence-corrected chi connectivity index (χ3v) is 4.52. The summed E-state index contributed by atoms with van der Waals surface area (Å²) in [4.78, 5) is 11.7. The quantitative estimate of drug-likeness (QED) is 0.633. The van der Waals surface area contributed by atoms with Crippen LogP contribution in [0.25, 0.3) is 0 Å². The lowest BCUT2D eigenvalue weighted by atomic mass is 9.86. The van der Waals surface area contributed by atoms with Gasteiger partial charge in [0.1, 0.15) is 0 Å². The molecule has 20 heavy (non-hydrogen) atoms. The Morgan fingerprint density at radius 1 is 1.30 bits per heavy atom. The van der Waals surface area contributed by atoms with Crippen LogP contribution in [0.2, 0.25) is 0 Å². The molecule has 2 rings (SSSR count). The van der Waals surface area contributed by atoms with Crippen molar-refractivity contribution < 1.29 is 4.79 Å². The van der Waals surface area contributed by atoms with Gasteiger partial charge in [0.2, 0.25) is 5.91 Å². The number of hydrogen-bond donors (Lipinski definition) is 1. The van der Waals surface area contributed by atoms with Gasteiger partial charge in [-0.05, 0) is 18.4 Å². The lowest BCUT2D eigenvalue weighted by molar-refractivity contribution is -0.121. The zero-order valence-corrected chi connectivity index (χ0v) is 13.2. The standard InChI is InChI=1S/C16H21BrN2O/c17-15-9-5-4-8-14(15)12-18-19-16(20)11-10-13-6-2-1-3-7-13/h4-5,8-9,12-13H,1-3,6-7,10-11H2,(H,19,20)/b18-12+. The molecule has 1 fully saturated rings. The van der Waals surface area contributed by atoms with Gasteiger partial charge in [0.05, 0.1) is 6.21 Å². The highest BCUT2D eigenvalue weighted by Gasteiger charge is 2.14. The zero-order chi connectivity index (χ0) is 14.2. The Hall–Kier alpha value is -1.16. The molecule has 0 aliphatic heterocycles. The summed E-state index contributed by atoms with van der Waals surface area (Å²) >= 11 is 3.44. The van der Waals surface area contributed by atoms with Crippen LogP contribution in [0.3, 0.4) is 0 Å². The molecule has 1 N–H and O–H groups in total. The van der Waals surface area contributed by atoms with Crippen molar-refractivity contribution in [3.8, 4) is 0 Å². The van der Waals surface area contributed by atoms with E-state index in [1.54, 1.807) is 6.21 Å². The molecule has 1 saturated carbocycles. The van der Waals surface area contributed by atoms with Crippen molar-refractivity contribution in [2.75, 3.05) is 0 Å². The fourth-order valence-electron chi connectivity index (χ4n) is 2.62. The summed E-state index contributed by atoms with van der Waals surface area (Å²) in [5.74, 6) is 0.751. The second-order valence-corrected chi connectivity index (χ2v) is 6.21. The summed E-state index contributed by atoms with van der Waals surface area (Å²) < 4.78 is 0.972. The van der Waals surface area contributed by atoms with E-state index in [4.69, 9.17) is 0 Å². The molecular weight excluding hydrogens is 316 g/mol. The highest BCUT2D eigenvalue weighted by atomic mass is 79.9. The van der Waals surface area contributed by atoms with E-state index >= 15 is 0 Å². The van der Waals surface area contributed by atoms with E-state index in [-0.39, 0.29) is 5.91 Å². The number of carbonyl (C=O) groups excluding carboxylic acids is 1. The fraction of sp³-hybridized carbons (Fsp3) is 0.500. The normalized spacial score (nSPS) is 16.4. The molecular formula is C16H21BrN2O. The Morgan fingerprint density at radius 2 is 2.05 bits per heavy atom. The third-order valence-electron chi connectivity index (χ3n) is 3.80. The van der Waals surface area contributed by atoms with Crippen LogP contribution in [0.15, 0.2) is 33.8 Å². The second-order valence-electron chi connectivity index (χ2n) is 5.36. The van der Waals surface area contributed by atoms with Gasteiger partial charge < -0.3 is 0 Å². The predicted molar refractivity (Wildman–Crippen MR) is 85.7 cm³/mol. The van der Waals surface area contributed by atoms with Gasteiger partial charge in [0.15, 0.2) is 0 Å². The molecule has 0 saturated heterocycles. The molecule has 0 radical (unpaired) electrons. The van der Waals surface area contributed by atoms with Crippen molar-refractivity contribution >= 4 is 28.1 Å². The highest BCUT2D eigenvalue weighted by Crippen LogP contribution is 2.27. The summed E-state index contributed by atoms with van der Waals surface area (Å²) in [5.41, 5.74) is 3.57. The van der Waals surface area contributed by atoms with Gasteiger partial charge in [-0.1, -0.05) is 66.2 Å². The summed E-state index contributed by atoms with van der Waals surface area (Å²) in [6.07, 6.45) is 9.83. The molecule has 0 bridgehead atoms. The van der Waals surface area contributed by atoms with Crippen LogP contribution in [0, 0.1) is 5.92 Å². The molecule has 1 aromatic rings. The van der Waals surface area contributed by atoms with Crippen molar-refractivity contribution in [1.29, 1.82) is 0 Å². The molecule has 1 aliphatic rings. The molecule has 1 amide bonds. The molecule has 108 valence electrons. The Balaban J connectivity index is 1.70. The van der Waals surface area contributed by atoms with Crippen molar-refractivity contribution in [1.82, 2.24) is 5.43 Å². The first-order valence-electron chi connectivity index (χ1n) is 7.32. The second kappa shape index (κ2) is 8.20. The number of carbonyl (C=O) groups is 1. The van der Waals surface area contributed by atoms with E-state index in [9.17, 15) is 4.79 Å². The first-order chi connectivity index (χ1) is 9.75. The maximum atomic E-state index is 11.7. The van der Waals surface area contributed by atoms with Gasteiger partial charge in [-0.2, -0.15) is 5.10 Å². The number of hydrazone groups is 1. The van der Waals surface area contributed by atoms with Crippen LogP contribution in [-0.4, -0.2) is 12.1 Å². The number of hydrogen-bond acceptors (Lipinski definition) is 2. The molecule has 3 nitrogen and oxygen atoms in total. The number of nitrogens with zero attached hydrogens (tertiary/aromatic N) is 1. The van der Waals surface area contributed by atoms with Gasteiger partial charge in [0.25, 0.3) is 0 Å². The molecule has 0 heterocycles. The maximum absolute atomic E-state index is 11.7. The monoisotopic (exact) mass is 336 g/mol. The lowest BCUT2D eigenvalue weighted by Gasteiger charge is -2.20. The topological polar surface area (TPSA) is 41.5 Å². The number of nitrogens with one attached hydrogen (secondary N) is 1. The van der Waals surface area contributed by atoms with E-state index in [0.29, 0.717) is 6.42 Å². The van der Waals surface area contributed by atoms with Crippen molar-refractivity contribution in [2.45, 2.75) is 44.9 Å². The number of amides is 1. The van der Waals surface area contributed by atoms with E-state index in [2.05, 4.69) is 26.5 Å². The lowest BCUT2D eigenvalue weighted by Crippen LogP contribution is -2.19. The van der Waals surface area contributed by atoms with Crippen LogP contribution in [-0.2, 0) is 4.79 Å². The van der Waals surface area contributed by atoms with Crippen molar-refractivity contribution in [3.05, 3.63) is 34.3 Å². The van der Waals surface area contributed by atoms with Gasteiger partial charge in [-0.25, -0.2) is 5.43 Å². The summed E-state index contributed by atoms with van der Waals surface area (Å²) in [6.45, 7) is 0. The molecule has 1 aliphatic carbocycles. The van der Waals surface area contributed by atoms with Gasteiger partial charge in [-0.15, -0.1) is 0 Å². The van der Waals surface area contributed by atoms with Crippen LogP contribution in [0.1, 0.15) is 50.5 Å². The van der Waals surface area contributed by atoms with E-state index in [1.807, 2.05) is 24.3 Å². The van der Waals surface area contributed by atoms with Crippen LogP contribution >= 0.6 is 15.9 Å². The van der Waals surface area contributed by atoms with Crippen LogP contribution in [0.5, 0.6) is 0 Å².